The fourth-order valence-corrected chi connectivity index (χ4v) is 3.04. The predicted molar refractivity (Wildman–Crippen MR) is 153 cm³/mol. The van der Waals surface area contributed by atoms with Crippen LogP contribution < -0.4 is 18.9 Å². The zero-order chi connectivity index (χ0) is 30.3. The molecule has 2 aromatic rings. The van der Waals surface area contributed by atoms with Crippen LogP contribution in [0.25, 0.3) is 11.1 Å². The van der Waals surface area contributed by atoms with Gasteiger partial charge in [0, 0.05) is 33.9 Å². The largest absolute Gasteiger partial charge is 0.423 e. The Kier molecular flexibility index (Phi) is 10.3. The van der Waals surface area contributed by atoms with E-state index >= 15 is 0 Å². The van der Waals surface area contributed by atoms with E-state index in [0.717, 1.165) is 0 Å². The highest BCUT2D eigenvalue weighted by atomic mass is 16.6. The van der Waals surface area contributed by atoms with E-state index in [9.17, 15) is 19.2 Å². The fraction of sp³-hybridized carbons (Fsp3) is 0.188. The first-order valence-corrected chi connectivity index (χ1v) is 12.1. The number of hydrogen-bond donors (Lipinski definition) is 0. The van der Waals surface area contributed by atoms with Gasteiger partial charge >= 0.3 is 23.9 Å². The maximum Gasteiger partial charge on any atom is 0.338 e. The molecule has 0 aliphatic heterocycles. The Morgan fingerprint density at radius 2 is 0.950 bits per heavy atom. The van der Waals surface area contributed by atoms with Crippen molar-refractivity contribution in [3.8, 4) is 23.0 Å². The Bertz CT molecular complexity index is 1490. The molecule has 0 spiro atoms. The van der Waals surface area contributed by atoms with Crippen LogP contribution in [0.5, 0.6) is 23.0 Å². The molecule has 8 heteroatoms. The number of esters is 4. The van der Waals surface area contributed by atoms with Gasteiger partial charge in [0.05, 0.1) is 0 Å². The topological polar surface area (TPSA) is 105 Å². The molecule has 2 aromatic carbocycles. The summed E-state index contributed by atoms with van der Waals surface area (Å²) in [6.07, 6.45) is 0. The number of hydrogen-bond acceptors (Lipinski definition) is 8. The van der Waals surface area contributed by atoms with Crippen LogP contribution in [0.15, 0.2) is 85.0 Å². The molecule has 0 heterocycles. The summed E-state index contributed by atoms with van der Waals surface area (Å²) >= 11 is 0. The molecule has 8 nitrogen and oxygen atoms in total. The molecular formula is C32H32O8. The number of allylic oxidation sites excluding steroid dienone is 2. The Morgan fingerprint density at radius 3 is 1.45 bits per heavy atom. The molecule has 0 unspecified atom stereocenters. The van der Waals surface area contributed by atoms with Gasteiger partial charge in [-0.05, 0) is 82.5 Å². The summed E-state index contributed by atoms with van der Waals surface area (Å²) in [4.78, 5) is 48.8. The number of benzene rings is 2. The standard InChI is InChI=1S/C32H32O8/c1-17(2)29(33)37-24-12-13-25(27(16-24)39-31(35)19(5)6)22(10)21(9)23-11-14-26(38-30(34)18(3)4)28(15-23)40-32(36)20(7)8/h11-16H,1,3,5,7H2,2,4,6,8-10H3. The van der Waals surface area contributed by atoms with Gasteiger partial charge in [-0.1, -0.05) is 32.4 Å². The molecule has 0 aliphatic rings. The van der Waals surface area contributed by atoms with Gasteiger partial charge in [0.1, 0.15) is 11.5 Å². The summed E-state index contributed by atoms with van der Waals surface area (Å²) in [5.41, 5.74) is 3.25. The highest BCUT2D eigenvalue weighted by Crippen LogP contribution is 2.38. The first-order chi connectivity index (χ1) is 18.6. The van der Waals surface area contributed by atoms with Crippen molar-refractivity contribution in [2.75, 3.05) is 0 Å². The van der Waals surface area contributed by atoms with Crippen LogP contribution in [0.3, 0.4) is 0 Å². The molecule has 0 saturated carbocycles. The molecule has 0 bridgehead atoms. The number of carbonyl (C=O) groups is 4. The van der Waals surface area contributed by atoms with E-state index in [4.69, 9.17) is 18.9 Å². The Balaban J connectivity index is 2.64. The van der Waals surface area contributed by atoms with Crippen molar-refractivity contribution in [3.05, 3.63) is 96.1 Å². The Morgan fingerprint density at radius 1 is 0.500 bits per heavy atom. The molecule has 0 fully saturated rings. The first-order valence-electron chi connectivity index (χ1n) is 12.1. The predicted octanol–water partition coefficient (Wildman–Crippen LogP) is 6.56. The Hall–Kier alpha value is -4.98. The maximum absolute atomic E-state index is 12.4. The van der Waals surface area contributed by atoms with Gasteiger partial charge in [-0.25, -0.2) is 19.2 Å². The van der Waals surface area contributed by atoms with Crippen molar-refractivity contribution in [2.24, 2.45) is 0 Å². The average Bonchev–Trinajstić information content (AvgIpc) is 2.88. The van der Waals surface area contributed by atoms with E-state index in [0.29, 0.717) is 22.3 Å². The normalized spacial score (nSPS) is 10.9. The van der Waals surface area contributed by atoms with E-state index in [1.54, 1.807) is 31.2 Å². The molecule has 0 atom stereocenters. The highest BCUT2D eigenvalue weighted by molar-refractivity contribution is 5.95. The second-order valence-corrected chi connectivity index (χ2v) is 9.25. The van der Waals surface area contributed by atoms with E-state index < -0.39 is 23.9 Å². The molecule has 0 saturated heterocycles. The quantitative estimate of drug-likeness (QED) is 0.143. The molecule has 2 rings (SSSR count). The minimum Gasteiger partial charge on any atom is -0.423 e. The summed E-state index contributed by atoms with van der Waals surface area (Å²) in [5.74, 6) is -2.34. The Labute approximate surface area is 233 Å². The van der Waals surface area contributed by atoms with Gasteiger partial charge < -0.3 is 18.9 Å². The molecule has 0 amide bonds. The van der Waals surface area contributed by atoms with Gasteiger partial charge in [0.15, 0.2) is 11.5 Å². The van der Waals surface area contributed by atoms with Crippen molar-refractivity contribution in [1.82, 2.24) is 0 Å². The molecule has 40 heavy (non-hydrogen) atoms. The molecule has 208 valence electrons. The van der Waals surface area contributed by atoms with E-state index in [1.807, 2.05) is 6.92 Å². The van der Waals surface area contributed by atoms with Crippen molar-refractivity contribution in [2.45, 2.75) is 41.5 Å². The van der Waals surface area contributed by atoms with Crippen LogP contribution in [-0.4, -0.2) is 23.9 Å². The second-order valence-electron chi connectivity index (χ2n) is 9.25. The lowest BCUT2D eigenvalue weighted by Gasteiger charge is -2.16. The molecule has 0 aliphatic carbocycles. The van der Waals surface area contributed by atoms with Crippen LogP contribution in [-0.2, 0) is 19.2 Å². The van der Waals surface area contributed by atoms with Gasteiger partial charge in [-0.3, -0.25) is 0 Å². The molecule has 0 radical (unpaired) electrons. The zero-order valence-electron chi connectivity index (χ0n) is 23.6. The SMILES string of the molecule is C=C(C)C(=O)Oc1ccc(C(C)=C(C)c2ccc(OC(=O)C(=C)C)c(OC(=O)C(=C)C)c2)c(OC(=O)C(=C)C)c1. The summed E-state index contributed by atoms with van der Waals surface area (Å²) < 4.78 is 21.6. The van der Waals surface area contributed by atoms with Crippen molar-refractivity contribution in [3.63, 3.8) is 0 Å². The van der Waals surface area contributed by atoms with Crippen LogP contribution in [0, 0.1) is 0 Å². The maximum atomic E-state index is 12.4. The fourth-order valence-electron chi connectivity index (χ4n) is 3.04. The average molecular weight is 545 g/mol. The molecule has 0 aromatic heterocycles. The van der Waals surface area contributed by atoms with E-state index in [1.165, 1.54) is 39.8 Å². The number of carbonyl (C=O) groups excluding carboxylic acids is 4. The number of ether oxygens (including phenoxy) is 4. The van der Waals surface area contributed by atoms with Gasteiger partial charge in [-0.15, -0.1) is 0 Å². The minimum atomic E-state index is -0.697. The van der Waals surface area contributed by atoms with Crippen molar-refractivity contribution < 1.29 is 38.1 Å². The van der Waals surface area contributed by atoms with Crippen LogP contribution >= 0.6 is 0 Å². The molecule has 0 N–H and O–H groups in total. The summed E-state index contributed by atoms with van der Waals surface area (Å²) in [5, 5.41) is 0. The molecular weight excluding hydrogens is 512 g/mol. The van der Waals surface area contributed by atoms with Crippen LogP contribution in [0.2, 0.25) is 0 Å². The van der Waals surface area contributed by atoms with Crippen LogP contribution in [0.4, 0.5) is 0 Å². The van der Waals surface area contributed by atoms with Gasteiger partial charge in [0.2, 0.25) is 0 Å². The third kappa shape index (κ3) is 8.01. The second kappa shape index (κ2) is 13.2. The summed E-state index contributed by atoms with van der Waals surface area (Å²) in [6.45, 7) is 24.0. The summed E-state index contributed by atoms with van der Waals surface area (Å²) in [6, 6.07) is 9.35. The van der Waals surface area contributed by atoms with E-state index in [2.05, 4.69) is 26.3 Å². The number of rotatable bonds is 10. The van der Waals surface area contributed by atoms with Crippen LogP contribution in [0.1, 0.15) is 52.7 Å². The van der Waals surface area contributed by atoms with Crippen molar-refractivity contribution >= 4 is 35.0 Å². The third-order valence-corrected chi connectivity index (χ3v) is 5.51. The lowest BCUT2D eigenvalue weighted by atomic mass is 9.96. The summed E-state index contributed by atoms with van der Waals surface area (Å²) in [7, 11) is 0. The third-order valence-electron chi connectivity index (χ3n) is 5.51. The smallest absolute Gasteiger partial charge is 0.338 e. The first kappa shape index (κ1) is 31.2. The van der Waals surface area contributed by atoms with Crippen molar-refractivity contribution in [1.29, 1.82) is 0 Å². The monoisotopic (exact) mass is 544 g/mol. The highest BCUT2D eigenvalue weighted by Gasteiger charge is 2.19. The lowest BCUT2D eigenvalue weighted by molar-refractivity contribution is -0.132. The van der Waals surface area contributed by atoms with E-state index in [-0.39, 0.29) is 45.3 Å². The zero-order valence-corrected chi connectivity index (χ0v) is 23.6. The van der Waals surface area contributed by atoms with Gasteiger partial charge in [-0.2, -0.15) is 0 Å². The minimum absolute atomic E-state index is 0.00300. The lowest BCUT2D eigenvalue weighted by Crippen LogP contribution is -2.13. The van der Waals surface area contributed by atoms with Gasteiger partial charge in [0.25, 0.3) is 0 Å².